The summed E-state index contributed by atoms with van der Waals surface area (Å²) < 4.78 is 1.17. The molecule has 1 atom stereocenters. The van der Waals surface area contributed by atoms with Crippen molar-refractivity contribution in [1.82, 2.24) is 20.1 Å². The third-order valence-corrected chi connectivity index (χ3v) is 4.38. The summed E-state index contributed by atoms with van der Waals surface area (Å²) in [6.45, 7) is 1.42. The zero-order valence-corrected chi connectivity index (χ0v) is 16.5. The Kier molecular flexibility index (Phi) is 6.04. The van der Waals surface area contributed by atoms with Crippen LogP contribution in [0.5, 0.6) is 0 Å². The fraction of sp³-hybridized carbons (Fsp3) is 0.238. The number of anilines is 1. The average molecular weight is 393 g/mol. The highest BCUT2D eigenvalue weighted by molar-refractivity contribution is 5.95. The van der Waals surface area contributed by atoms with Crippen molar-refractivity contribution in [3.05, 3.63) is 70.8 Å². The lowest BCUT2D eigenvalue weighted by Gasteiger charge is -2.15. The third-order valence-electron chi connectivity index (χ3n) is 4.38. The minimum absolute atomic E-state index is 0.0594. The van der Waals surface area contributed by atoms with Crippen LogP contribution < -0.4 is 15.8 Å². The molecule has 0 aliphatic rings. The van der Waals surface area contributed by atoms with Gasteiger partial charge in [-0.2, -0.15) is 9.78 Å². The van der Waals surface area contributed by atoms with Crippen molar-refractivity contribution in [2.24, 2.45) is 0 Å². The molecule has 8 heteroatoms. The summed E-state index contributed by atoms with van der Waals surface area (Å²) >= 11 is 0. The number of carbonyl (C=O) groups excluding carboxylic acids is 1. The zero-order valence-electron chi connectivity index (χ0n) is 16.5. The van der Waals surface area contributed by atoms with E-state index < -0.39 is 17.5 Å². The Morgan fingerprint density at radius 1 is 1.24 bits per heavy atom. The maximum Gasteiger partial charge on any atom is 0.284 e. The van der Waals surface area contributed by atoms with Gasteiger partial charge in [0.25, 0.3) is 11.5 Å². The fourth-order valence-corrected chi connectivity index (χ4v) is 2.73. The molecule has 3 aromatic rings. The molecule has 0 fully saturated rings. The van der Waals surface area contributed by atoms with Gasteiger partial charge in [0, 0.05) is 37.6 Å². The van der Waals surface area contributed by atoms with Crippen molar-refractivity contribution in [2.75, 3.05) is 25.6 Å². The summed E-state index contributed by atoms with van der Waals surface area (Å²) in [5.74, 6) is -0.567. The van der Waals surface area contributed by atoms with Crippen LogP contribution in [0.2, 0.25) is 0 Å². The Balaban J connectivity index is 2.14. The standard InChI is InChI=1S/C21H23N5O3/c1-14(13-27)23-20(28)18-11-19(15-6-8-16(9-7-15)25(2)3)24-26(21(18)29)17-5-4-10-22-12-17/h4-12,14,27H,13H2,1-3H3,(H,23,28)/t14-/m0/s1. The number of aliphatic hydroxyl groups is 1. The van der Waals surface area contributed by atoms with Crippen molar-refractivity contribution in [2.45, 2.75) is 13.0 Å². The molecular formula is C21H23N5O3. The minimum atomic E-state index is -0.567. The van der Waals surface area contributed by atoms with Gasteiger partial charge in [0.2, 0.25) is 0 Å². The van der Waals surface area contributed by atoms with Crippen LogP contribution in [-0.4, -0.2) is 52.5 Å². The monoisotopic (exact) mass is 393 g/mol. The van der Waals surface area contributed by atoms with Gasteiger partial charge in [-0.3, -0.25) is 14.6 Å². The Morgan fingerprint density at radius 2 is 1.97 bits per heavy atom. The highest BCUT2D eigenvalue weighted by Gasteiger charge is 2.19. The molecule has 1 aromatic carbocycles. The van der Waals surface area contributed by atoms with Crippen molar-refractivity contribution in [3.8, 4) is 16.9 Å². The second-order valence-corrected chi connectivity index (χ2v) is 6.87. The Hall–Kier alpha value is -3.52. The molecule has 0 aliphatic carbocycles. The molecule has 3 rings (SSSR count). The highest BCUT2D eigenvalue weighted by Crippen LogP contribution is 2.21. The van der Waals surface area contributed by atoms with Gasteiger partial charge in [-0.25, -0.2) is 0 Å². The van der Waals surface area contributed by atoms with Gasteiger partial charge in [0.15, 0.2) is 0 Å². The van der Waals surface area contributed by atoms with Crippen molar-refractivity contribution >= 4 is 11.6 Å². The molecule has 0 aliphatic heterocycles. The van der Waals surface area contributed by atoms with Crippen molar-refractivity contribution < 1.29 is 9.90 Å². The van der Waals surface area contributed by atoms with Gasteiger partial charge in [0.05, 0.1) is 24.2 Å². The van der Waals surface area contributed by atoms with Crippen molar-refractivity contribution in [3.63, 3.8) is 0 Å². The largest absolute Gasteiger partial charge is 0.394 e. The predicted molar refractivity (Wildman–Crippen MR) is 111 cm³/mol. The second kappa shape index (κ2) is 8.66. The summed E-state index contributed by atoms with van der Waals surface area (Å²) in [6.07, 6.45) is 3.10. The molecule has 0 spiro atoms. The first-order chi connectivity index (χ1) is 13.9. The molecule has 2 aromatic heterocycles. The van der Waals surface area contributed by atoms with E-state index in [1.54, 1.807) is 25.3 Å². The van der Waals surface area contributed by atoms with E-state index in [1.165, 1.54) is 16.9 Å². The van der Waals surface area contributed by atoms with E-state index in [0.717, 1.165) is 11.3 Å². The molecule has 0 bridgehead atoms. The second-order valence-electron chi connectivity index (χ2n) is 6.87. The summed E-state index contributed by atoms with van der Waals surface area (Å²) in [6, 6.07) is 12.0. The van der Waals surface area contributed by atoms with E-state index in [1.807, 2.05) is 43.3 Å². The van der Waals surface area contributed by atoms with Crippen molar-refractivity contribution in [1.29, 1.82) is 0 Å². The van der Waals surface area contributed by atoms with Crippen LogP contribution in [0.3, 0.4) is 0 Å². The molecule has 0 unspecified atom stereocenters. The third kappa shape index (κ3) is 4.49. The fourth-order valence-electron chi connectivity index (χ4n) is 2.73. The molecule has 1 amide bonds. The number of amides is 1. The normalized spacial score (nSPS) is 11.7. The molecule has 8 nitrogen and oxygen atoms in total. The van der Waals surface area contributed by atoms with Crippen LogP contribution in [0.4, 0.5) is 5.69 Å². The molecule has 0 saturated heterocycles. The number of nitrogens with one attached hydrogen (secondary N) is 1. The Bertz CT molecular complexity index is 1050. The number of benzene rings is 1. The number of rotatable bonds is 6. The lowest BCUT2D eigenvalue weighted by molar-refractivity contribution is 0.0920. The van der Waals surface area contributed by atoms with Crippen LogP contribution in [-0.2, 0) is 0 Å². The topological polar surface area (TPSA) is 100 Å². The van der Waals surface area contributed by atoms with Gasteiger partial charge in [-0.05, 0) is 37.3 Å². The van der Waals surface area contributed by atoms with Gasteiger partial charge >= 0.3 is 0 Å². The maximum absolute atomic E-state index is 13.0. The summed E-state index contributed by atoms with van der Waals surface area (Å²) in [7, 11) is 3.89. The van der Waals surface area contributed by atoms with Crippen LogP contribution in [0.25, 0.3) is 16.9 Å². The maximum atomic E-state index is 13.0. The molecular weight excluding hydrogens is 370 g/mol. The smallest absolute Gasteiger partial charge is 0.284 e. The van der Waals surface area contributed by atoms with Gasteiger partial charge in [-0.1, -0.05) is 12.1 Å². The van der Waals surface area contributed by atoms with Crippen LogP contribution in [0.15, 0.2) is 59.7 Å². The van der Waals surface area contributed by atoms with E-state index in [4.69, 9.17) is 0 Å². The van der Waals surface area contributed by atoms with E-state index in [2.05, 4.69) is 15.4 Å². The van der Waals surface area contributed by atoms with E-state index in [9.17, 15) is 14.7 Å². The zero-order chi connectivity index (χ0) is 21.0. The van der Waals surface area contributed by atoms with E-state index >= 15 is 0 Å². The number of pyridine rings is 1. The quantitative estimate of drug-likeness (QED) is 0.658. The number of aliphatic hydroxyl groups excluding tert-OH is 1. The molecule has 2 heterocycles. The lowest BCUT2D eigenvalue weighted by Crippen LogP contribution is -2.39. The molecule has 150 valence electrons. The Labute approximate surface area is 168 Å². The van der Waals surface area contributed by atoms with Crippen LogP contribution in [0, 0.1) is 0 Å². The number of hydrogen-bond acceptors (Lipinski definition) is 6. The van der Waals surface area contributed by atoms with Gasteiger partial charge in [-0.15, -0.1) is 0 Å². The molecule has 0 saturated carbocycles. The van der Waals surface area contributed by atoms with Gasteiger partial charge < -0.3 is 15.3 Å². The molecule has 29 heavy (non-hydrogen) atoms. The summed E-state index contributed by atoms with van der Waals surface area (Å²) in [4.78, 5) is 31.6. The molecule has 0 radical (unpaired) electrons. The first-order valence-electron chi connectivity index (χ1n) is 9.15. The summed E-state index contributed by atoms with van der Waals surface area (Å²) in [5.41, 5.74) is 2.08. The van der Waals surface area contributed by atoms with Crippen LogP contribution >= 0.6 is 0 Å². The minimum Gasteiger partial charge on any atom is -0.394 e. The SMILES string of the molecule is C[C@@H](CO)NC(=O)c1cc(-c2ccc(N(C)C)cc2)nn(-c2cccnc2)c1=O. The molecule has 2 N–H and O–H groups in total. The first kappa shape index (κ1) is 20.2. The number of aromatic nitrogens is 3. The van der Waals surface area contributed by atoms with Crippen LogP contribution in [0.1, 0.15) is 17.3 Å². The summed E-state index contributed by atoms with van der Waals surface area (Å²) in [5, 5.41) is 16.3. The average Bonchev–Trinajstić information content (AvgIpc) is 2.74. The van der Waals surface area contributed by atoms with E-state index in [0.29, 0.717) is 11.4 Å². The predicted octanol–water partition coefficient (Wildman–Crippen LogP) is 1.47. The first-order valence-corrected chi connectivity index (χ1v) is 9.15. The number of nitrogens with zero attached hydrogens (tertiary/aromatic N) is 4. The number of hydrogen-bond donors (Lipinski definition) is 2. The highest BCUT2D eigenvalue weighted by atomic mass is 16.3. The van der Waals surface area contributed by atoms with E-state index in [-0.39, 0.29) is 12.2 Å². The lowest BCUT2D eigenvalue weighted by atomic mass is 10.1. The Morgan fingerprint density at radius 3 is 2.55 bits per heavy atom. The number of carbonyl (C=O) groups is 1. The van der Waals surface area contributed by atoms with Gasteiger partial charge in [0.1, 0.15) is 5.56 Å².